The summed E-state index contributed by atoms with van der Waals surface area (Å²) in [5.74, 6) is -1.42. The maximum absolute atomic E-state index is 12.1. The monoisotopic (exact) mass is 354 g/mol. The molecule has 8 heteroatoms. The third-order valence-corrected chi connectivity index (χ3v) is 4.19. The highest BCUT2D eigenvalue weighted by Crippen LogP contribution is 2.20. The Hall–Kier alpha value is -1.67. The first-order chi connectivity index (χ1) is 11.6. The number of carbonyl (C=O) groups excluding carboxylic acids is 1. The summed E-state index contributed by atoms with van der Waals surface area (Å²) in [6.45, 7) is 5.08. The number of anilines is 1. The zero-order valence-electron chi connectivity index (χ0n) is 13.4. The van der Waals surface area contributed by atoms with Crippen molar-refractivity contribution in [3.63, 3.8) is 0 Å². The van der Waals surface area contributed by atoms with Gasteiger partial charge in [-0.2, -0.15) is 0 Å². The number of carboxylic acid groups (broad SMARTS) is 1. The molecule has 1 aliphatic heterocycles. The van der Waals surface area contributed by atoms with Gasteiger partial charge in [0.25, 0.3) is 0 Å². The van der Waals surface area contributed by atoms with Crippen molar-refractivity contribution < 1.29 is 14.7 Å². The highest BCUT2D eigenvalue weighted by Gasteiger charge is 2.21. The SMILES string of the molecule is O=C(C[C@@H](NCCN1CCNCC1)C(=O)O)Nc1ccccc1Cl. The van der Waals surface area contributed by atoms with Gasteiger partial charge in [0.05, 0.1) is 17.1 Å². The molecular weight excluding hydrogens is 332 g/mol. The minimum atomic E-state index is -1.04. The fourth-order valence-corrected chi connectivity index (χ4v) is 2.71. The fourth-order valence-electron chi connectivity index (χ4n) is 2.53. The number of aliphatic carboxylic acids is 1. The number of para-hydroxylation sites is 1. The van der Waals surface area contributed by atoms with Crippen LogP contribution in [-0.4, -0.2) is 67.2 Å². The summed E-state index contributed by atoms with van der Waals surface area (Å²) < 4.78 is 0. The Morgan fingerprint density at radius 1 is 1.29 bits per heavy atom. The summed E-state index contributed by atoms with van der Waals surface area (Å²) in [6.07, 6.45) is -0.151. The van der Waals surface area contributed by atoms with E-state index in [0.29, 0.717) is 17.3 Å². The van der Waals surface area contributed by atoms with E-state index in [1.165, 1.54) is 0 Å². The van der Waals surface area contributed by atoms with Gasteiger partial charge in [0.2, 0.25) is 5.91 Å². The van der Waals surface area contributed by atoms with Crippen LogP contribution in [0.3, 0.4) is 0 Å². The lowest BCUT2D eigenvalue weighted by molar-refractivity contribution is -0.141. The van der Waals surface area contributed by atoms with Gasteiger partial charge in [0.1, 0.15) is 6.04 Å². The lowest BCUT2D eigenvalue weighted by Gasteiger charge is -2.27. The molecule has 0 aromatic heterocycles. The van der Waals surface area contributed by atoms with E-state index < -0.39 is 12.0 Å². The normalized spacial score (nSPS) is 16.5. The van der Waals surface area contributed by atoms with Crippen molar-refractivity contribution >= 4 is 29.2 Å². The molecule has 4 N–H and O–H groups in total. The molecule has 0 aliphatic carbocycles. The molecule has 1 atom stereocenters. The van der Waals surface area contributed by atoms with Crippen LogP contribution >= 0.6 is 11.6 Å². The highest BCUT2D eigenvalue weighted by atomic mass is 35.5. The van der Waals surface area contributed by atoms with E-state index >= 15 is 0 Å². The van der Waals surface area contributed by atoms with E-state index in [-0.39, 0.29) is 12.3 Å². The van der Waals surface area contributed by atoms with E-state index in [9.17, 15) is 14.7 Å². The van der Waals surface area contributed by atoms with Crippen LogP contribution in [0.2, 0.25) is 5.02 Å². The quantitative estimate of drug-likeness (QED) is 0.547. The van der Waals surface area contributed by atoms with Crippen molar-refractivity contribution in [2.45, 2.75) is 12.5 Å². The number of benzene rings is 1. The molecule has 1 aromatic carbocycles. The van der Waals surface area contributed by atoms with Gasteiger partial charge in [-0.1, -0.05) is 23.7 Å². The van der Waals surface area contributed by atoms with Crippen LogP contribution in [0.1, 0.15) is 6.42 Å². The molecule has 1 fully saturated rings. The first kappa shape index (κ1) is 18.7. The molecular formula is C16H23ClN4O3. The summed E-state index contributed by atoms with van der Waals surface area (Å²) in [6, 6.07) is 5.93. The van der Waals surface area contributed by atoms with E-state index in [2.05, 4.69) is 20.9 Å². The summed E-state index contributed by atoms with van der Waals surface area (Å²) in [4.78, 5) is 25.7. The van der Waals surface area contributed by atoms with Gasteiger partial charge >= 0.3 is 5.97 Å². The molecule has 1 aliphatic rings. The summed E-state index contributed by atoms with van der Waals surface area (Å²) in [5, 5.41) is 18.6. The van der Waals surface area contributed by atoms with E-state index in [1.807, 2.05) is 0 Å². The zero-order chi connectivity index (χ0) is 17.4. The predicted molar refractivity (Wildman–Crippen MR) is 93.4 cm³/mol. The lowest BCUT2D eigenvalue weighted by Crippen LogP contribution is -2.48. The van der Waals surface area contributed by atoms with Gasteiger partial charge in [0.15, 0.2) is 0 Å². The number of hydrogen-bond acceptors (Lipinski definition) is 5. The number of piperazine rings is 1. The minimum Gasteiger partial charge on any atom is -0.480 e. The second-order valence-electron chi connectivity index (χ2n) is 5.67. The van der Waals surface area contributed by atoms with Crippen LogP contribution in [-0.2, 0) is 9.59 Å². The van der Waals surface area contributed by atoms with Crippen molar-refractivity contribution in [2.75, 3.05) is 44.6 Å². The van der Waals surface area contributed by atoms with Crippen LogP contribution < -0.4 is 16.0 Å². The van der Waals surface area contributed by atoms with Gasteiger partial charge < -0.3 is 21.1 Å². The molecule has 2 rings (SSSR count). The Balaban J connectivity index is 1.78. The van der Waals surface area contributed by atoms with Gasteiger partial charge in [-0.25, -0.2) is 0 Å². The molecule has 132 valence electrons. The van der Waals surface area contributed by atoms with E-state index in [4.69, 9.17) is 11.6 Å². The number of nitrogens with zero attached hydrogens (tertiary/aromatic N) is 1. The van der Waals surface area contributed by atoms with Gasteiger partial charge in [-0.15, -0.1) is 0 Å². The maximum atomic E-state index is 12.1. The predicted octanol–water partition coefficient (Wildman–Crippen LogP) is 0.617. The number of rotatable bonds is 8. The number of carboxylic acids is 1. The Kier molecular flexibility index (Phi) is 7.45. The number of halogens is 1. The molecule has 0 unspecified atom stereocenters. The number of carbonyl (C=O) groups is 2. The van der Waals surface area contributed by atoms with Crippen LogP contribution in [0.5, 0.6) is 0 Å². The largest absolute Gasteiger partial charge is 0.480 e. The fraction of sp³-hybridized carbons (Fsp3) is 0.500. The zero-order valence-corrected chi connectivity index (χ0v) is 14.2. The number of nitrogens with one attached hydrogen (secondary N) is 3. The standard InChI is InChI=1S/C16H23ClN4O3/c17-12-3-1-2-4-13(12)20-15(22)11-14(16(23)24)19-7-10-21-8-5-18-6-9-21/h1-4,14,18-19H,5-11H2,(H,20,22)(H,23,24)/t14-/m1/s1. The summed E-state index contributed by atoms with van der Waals surface area (Å²) >= 11 is 5.98. The molecule has 0 spiro atoms. The van der Waals surface area contributed by atoms with Crippen LogP contribution in [0, 0.1) is 0 Å². The number of amides is 1. The molecule has 0 radical (unpaired) electrons. The van der Waals surface area contributed by atoms with E-state index in [1.54, 1.807) is 24.3 Å². The van der Waals surface area contributed by atoms with Gasteiger partial charge in [-0.05, 0) is 12.1 Å². The van der Waals surface area contributed by atoms with Crippen molar-refractivity contribution in [1.82, 2.24) is 15.5 Å². The second-order valence-corrected chi connectivity index (χ2v) is 6.08. The van der Waals surface area contributed by atoms with Crippen LogP contribution in [0.15, 0.2) is 24.3 Å². The molecule has 1 amide bonds. The molecule has 1 heterocycles. The van der Waals surface area contributed by atoms with Crippen LogP contribution in [0.25, 0.3) is 0 Å². The van der Waals surface area contributed by atoms with Gasteiger partial charge in [-0.3, -0.25) is 14.5 Å². The highest BCUT2D eigenvalue weighted by molar-refractivity contribution is 6.33. The topological polar surface area (TPSA) is 93.7 Å². The Bertz CT molecular complexity index is 564. The third-order valence-electron chi connectivity index (χ3n) is 3.86. The Morgan fingerprint density at radius 2 is 2.00 bits per heavy atom. The summed E-state index contributed by atoms with van der Waals surface area (Å²) in [7, 11) is 0. The molecule has 7 nitrogen and oxygen atoms in total. The average Bonchev–Trinajstić information content (AvgIpc) is 2.57. The maximum Gasteiger partial charge on any atom is 0.321 e. The van der Waals surface area contributed by atoms with Crippen molar-refractivity contribution in [3.05, 3.63) is 29.3 Å². The van der Waals surface area contributed by atoms with Crippen LogP contribution in [0.4, 0.5) is 5.69 Å². The Labute approximate surface area is 146 Å². The second kappa shape index (κ2) is 9.58. The molecule has 0 saturated carbocycles. The molecule has 1 saturated heterocycles. The lowest BCUT2D eigenvalue weighted by atomic mass is 10.2. The summed E-state index contributed by atoms with van der Waals surface area (Å²) in [5.41, 5.74) is 0.481. The van der Waals surface area contributed by atoms with Gasteiger partial charge in [0, 0.05) is 39.3 Å². The minimum absolute atomic E-state index is 0.151. The number of hydrogen-bond donors (Lipinski definition) is 4. The first-order valence-electron chi connectivity index (χ1n) is 8.00. The molecule has 0 bridgehead atoms. The van der Waals surface area contributed by atoms with Crippen molar-refractivity contribution in [3.8, 4) is 0 Å². The Morgan fingerprint density at radius 3 is 2.67 bits per heavy atom. The van der Waals surface area contributed by atoms with E-state index in [0.717, 1.165) is 32.7 Å². The first-order valence-corrected chi connectivity index (χ1v) is 8.37. The smallest absolute Gasteiger partial charge is 0.321 e. The average molecular weight is 355 g/mol. The van der Waals surface area contributed by atoms with Crippen molar-refractivity contribution in [1.29, 1.82) is 0 Å². The van der Waals surface area contributed by atoms with Crippen molar-refractivity contribution in [2.24, 2.45) is 0 Å². The third kappa shape index (κ3) is 6.09. The molecule has 1 aromatic rings. The molecule has 24 heavy (non-hydrogen) atoms.